The first-order valence-electron chi connectivity index (χ1n) is 7.61. The van der Waals surface area contributed by atoms with Crippen LogP contribution >= 0.6 is 22.7 Å². The van der Waals surface area contributed by atoms with Crippen LogP contribution in [0.15, 0.2) is 10.9 Å². The minimum absolute atomic E-state index is 0.288. The Labute approximate surface area is 142 Å². The van der Waals surface area contributed by atoms with Crippen LogP contribution in [-0.4, -0.2) is 23.5 Å². The van der Waals surface area contributed by atoms with Crippen molar-refractivity contribution >= 4 is 39.6 Å². The topological polar surface area (TPSA) is 68.3 Å². The number of thiazole rings is 1. The maximum Gasteiger partial charge on any atom is 0.341 e. The number of fused-ring (bicyclic) bond motifs is 1. The standard InChI is InChI=1S/C16H18N2O3S2/c1-3-21-16(20)13-10-5-4-9(2)6-12(10)23-15(13)18-14(19)11-7-22-8-17-11/h7-9H,3-6H2,1-2H3,(H,18,19). The first-order valence-corrected chi connectivity index (χ1v) is 9.37. The van der Waals surface area contributed by atoms with Crippen molar-refractivity contribution in [2.75, 3.05) is 11.9 Å². The van der Waals surface area contributed by atoms with E-state index in [9.17, 15) is 9.59 Å². The number of nitrogens with one attached hydrogen (secondary N) is 1. The molecule has 5 nitrogen and oxygen atoms in total. The van der Waals surface area contributed by atoms with Gasteiger partial charge < -0.3 is 10.1 Å². The smallest absolute Gasteiger partial charge is 0.341 e. The second-order valence-corrected chi connectivity index (χ2v) is 7.43. The largest absolute Gasteiger partial charge is 0.462 e. The molecule has 2 heterocycles. The molecule has 0 aromatic carbocycles. The number of carbonyl (C=O) groups is 2. The highest BCUT2D eigenvalue weighted by Crippen LogP contribution is 2.40. The van der Waals surface area contributed by atoms with Crippen LogP contribution in [0.2, 0.25) is 0 Å². The van der Waals surface area contributed by atoms with Crippen LogP contribution in [0.1, 0.15) is 51.6 Å². The SMILES string of the molecule is CCOC(=O)c1c(NC(=O)c2cscn2)sc2c1CCC(C)C2. The monoisotopic (exact) mass is 350 g/mol. The third kappa shape index (κ3) is 3.30. The fourth-order valence-electron chi connectivity index (χ4n) is 2.75. The quantitative estimate of drug-likeness (QED) is 0.853. The summed E-state index contributed by atoms with van der Waals surface area (Å²) in [6.07, 6.45) is 2.85. The maximum absolute atomic E-state index is 12.4. The van der Waals surface area contributed by atoms with Crippen molar-refractivity contribution in [2.45, 2.75) is 33.1 Å². The summed E-state index contributed by atoms with van der Waals surface area (Å²) in [4.78, 5) is 29.8. The Balaban J connectivity index is 1.95. The van der Waals surface area contributed by atoms with Gasteiger partial charge in [-0.15, -0.1) is 22.7 Å². The van der Waals surface area contributed by atoms with E-state index in [0.29, 0.717) is 28.8 Å². The number of aromatic nitrogens is 1. The van der Waals surface area contributed by atoms with Crippen LogP contribution < -0.4 is 5.32 Å². The molecule has 0 aliphatic heterocycles. The van der Waals surface area contributed by atoms with Crippen LogP contribution in [0.3, 0.4) is 0 Å². The lowest BCUT2D eigenvalue weighted by atomic mass is 9.88. The number of carbonyl (C=O) groups excluding carboxylic acids is 2. The molecule has 1 aliphatic rings. The fraction of sp³-hybridized carbons (Fsp3) is 0.438. The van der Waals surface area contributed by atoms with Crippen LogP contribution in [0.5, 0.6) is 0 Å². The molecular formula is C16H18N2O3S2. The van der Waals surface area contributed by atoms with Gasteiger partial charge in [0, 0.05) is 10.3 Å². The summed E-state index contributed by atoms with van der Waals surface area (Å²) in [6, 6.07) is 0. The van der Waals surface area contributed by atoms with Gasteiger partial charge in [0.1, 0.15) is 10.7 Å². The van der Waals surface area contributed by atoms with Crippen molar-refractivity contribution in [2.24, 2.45) is 5.92 Å². The van der Waals surface area contributed by atoms with Gasteiger partial charge in [-0.05, 0) is 37.7 Å². The van der Waals surface area contributed by atoms with Crippen molar-refractivity contribution in [1.29, 1.82) is 0 Å². The van der Waals surface area contributed by atoms with Gasteiger partial charge in [0.15, 0.2) is 0 Å². The van der Waals surface area contributed by atoms with Crippen molar-refractivity contribution in [3.8, 4) is 0 Å². The summed E-state index contributed by atoms with van der Waals surface area (Å²) in [5.74, 6) is -0.0464. The predicted molar refractivity (Wildman–Crippen MR) is 91.5 cm³/mol. The summed E-state index contributed by atoms with van der Waals surface area (Å²) < 4.78 is 5.20. The van der Waals surface area contributed by atoms with Gasteiger partial charge in [-0.1, -0.05) is 6.92 Å². The van der Waals surface area contributed by atoms with Gasteiger partial charge in [0.25, 0.3) is 5.91 Å². The van der Waals surface area contributed by atoms with E-state index in [4.69, 9.17) is 4.74 Å². The molecule has 0 radical (unpaired) electrons. The molecule has 3 rings (SSSR count). The van der Waals surface area contributed by atoms with Gasteiger partial charge in [-0.25, -0.2) is 9.78 Å². The van der Waals surface area contributed by atoms with Crippen LogP contribution in [0.4, 0.5) is 5.00 Å². The Bertz CT molecular complexity index is 722. The Kier molecular flexibility index (Phi) is 4.77. The summed E-state index contributed by atoms with van der Waals surface area (Å²) in [5.41, 5.74) is 3.55. The summed E-state index contributed by atoms with van der Waals surface area (Å²) in [7, 11) is 0. The molecule has 1 unspecified atom stereocenters. The van der Waals surface area contributed by atoms with Gasteiger partial charge in [0.05, 0.1) is 17.7 Å². The zero-order chi connectivity index (χ0) is 16.4. The van der Waals surface area contributed by atoms with Crippen LogP contribution in [-0.2, 0) is 17.6 Å². The highest BCUT2D eigenvalue weighted by atomic mass is 32.1. The number of ether oxygens (including phenoxy) is 1. The summed E-state index contributed by atoms with van der Waals surface area (Å²) in [6.45, 7) is 4.31. The van der Waals surface area contributed by atoms with Crippen molar-refractivity contribution in [1.82, 2.24) is 4.98 Å². The molecular weight excluding hydrogens is 332 g/mol. The normalized spacial score (nSPS) is 16.7. The van der Waals surface area contributed by atoms with Crippen molar-refractivity contribution in [3.05, 3.63) is 32.6 Å². The summed E-state index contributed by atoms with van der Waals surface area (Å²) in [5, 5.41) is 5.12. The van der Waals surface area contributed by atoms with Gasteiger partial charge in [-0.3, -0.25) is 4.79 Å². The minimum atomic E-state index is -0.354. The Morgan fingerprint density at radius 3 is 3.00 bits per heavy atom. The molecule has 1 atom stereocenters. The van der Waals surface area contributed by atoms with Crippen molar-refractivity contribution in [3.63, 3.8) is 0 Å². The minimum Gasteiger partial charge on any atom is -0.462 e. The van der Waals surface area contributed by atoms with E-state index in [1.165, 1.54) is 27.6 Å². The lowest BCUT2D eigenvalue weighted by Crippen LogP contribution is -2.16. The van der Waals surface area contributed by atoms with E-state index in [2.05, 4.69) is 17.2 Å². The zero-order valence-electron chi connectivity index (χ0n) is 13.0. The molecule has 0 saturated carbocycles. The third-order valence-corrected chi connectivity index (χ3v) is 5.64. The molecule has 0 saturated heterocycles. The molecule has 1 N–H and O–H groups in total. The molecule has 2 aromatic rings. The Morgan fingerprint density at radius 1 is 1.48 bits per heavy atom. The molecule has 122 valence electrons. The van der Waals surface area contributed by atoms with Gasteiger partial charge >= 0.3 is 5.97 Å². The van der Waals surface area contributed by atoms with Crippen LogP contribution in [0.25, 0.3) is 0 Å². The molecule has 2 aromatic heterocycles. The molecule has 23 heavy (non-hydrogen) atoms. The van der Waals surface area contributed by atoms with Gasteiger partial charge in [-0.2, -0.15) is 0 Å². The molecule has 7 heteroatoms. The van der Waals surface area contributed by atoms with E-state index in [0.717, 1.165) is 24.8 Å². The number of anilines is 1. The summed E-state index contributed by atoms with van der Waals surface area (Å²) >= 11 is 2.85. The Morgan fingerprint density at radius 2 is 2.30 bits per heavy atom. The fourth-order valence-corrected chi connectivity index (χ4v) is 4.68. The number of thiophene rings is 1. The van der Waals surface area contributed by atoms with E-state index >= 15 is 0 Å². The van der Waals surface area contributed by atoms with Crippen molar-refractivity contribution < 1.29 is 14.3 Å². The van der Waals surface area contributed by atoms with Crippen LogP contribution in [0, 0.1) is 5.92 Å². The number of esters is 1. The second-order valence-electron chi connectivity index (χ2n) is 5.60. The first kappa shape index (κ1) is 16.1. The highest BCUT2D eigenvalue weighted by molar-refractivity contribution is 7.17. The number of hydrogen-bond donors (Lipinski definition) is 1. The number of rotatable bonds is 4. The number of hydrogen-bond acceptors (Lipinski definition) is 6. The molecule has 0 fully saturated rings. The van der Waals surface area contributed by atoms with E-state index in [1.807, 2.05) is 0 Å². The average Bonchev–Trinajstić information content (AvgIpc) is 3.14. The molecule has 1 amide bonds. The second kappa shape index (κ2) is 6.80. The molecule has 0 spiro atoms. The van der Waals surface area contributed by atoms with E-state index in [-0.39, 0.29) is 11.9 Å². The molecule has 1 aliphatic carbocycles. The third-order valence-electron chi connectivity index (χ3n) is 3.88. The molecule has 0 bridgehead atoms. The Hall–Kier alpha value is -1.73. The maximum atomic E-state index is 12.4. The van der Waals surface area contributed by atoms with Gasteiger partial charge in [0.2, 0.25) is 0 Å². The first-order chi connectivity index (χ1) is 11.1. The number of nitrogens with zero attached hydrogens (tertiary/aromatic N) is 1. The van der Waals surface area contributed by atoms with E-state index in [1.54, 1.807) is 17.8 Å². The van der Waals surface area contributed by atoms with E-state index < -0.39 is 0 Å². The lowest BCUT2D eigenvalue weighted by molar-refractivity contribution is 0.0526. The predicted octanol–water partition coefficient (Wildman–Crippen LogP) is 3.76. The average molecular weight is 350 g/mol. The number of amides is 1. The highest BCUT2D eigenvalue weighted by Gasteiger charge is 2.29. The zero-order valence-corrected chi connectivity index (χ0v) is 14.7. The lowest BCUT2D eigenvalue weighted by Gasteiger charge is -2.18.